The third-order valence-electron chi connectivity index (χ3n) is 3.51. The molecule has 0 spiro atoms. The van der Waals surface area contributed by atoms with E-state index in [0.29, 0.717) is 11.8 Å². The summed E-state index contributed by atoms with van der Waals surface area (Å²) in [5, 5.41) is 2.87. The zero-order valence-corrected chi connectivity index (χ0v) is 12.3. The van der Waals surface area contributed by atoms with E-state index in [9.17, 15) is 4.79 Å². The maximum absolute atomic E-state index is 11.5. The van der Waals surface area contributed by atoms with Crippen LogP contribution in [0.3, 0.4) is 0 Å². The van der Waals surface area contributed by atoms with Crippen molar-refractivity contribution in [3.8, 4) is 0 Å². The molecule has 1 aliphatic rings. The lowest BCUT2D eigenvalue weighted by molar-refractivity contribution is -0.113. The van der Waals surface area contributed by atoms with Crippen molar-refractivity contribution in [1.82, 2.24) is 0 Å². The second-order valence-corrected chi connectivity index (χ2v) is 5.82. The number of carbonyl (C=O) groups excluding carboxylic acids is 1. The third kappa shape index (κ3) is 3.63. The Labute approximate surface area is 119 Å². The first-order valence-corrected chi connectivity index (χ1v) is 7.33. The molecule has 0 aromatic heterocycles. The molecule has 2 rings (SSSR count). The van der Waals surface area contributed by atoms with Crippen LogP contribution < -0.4 is 10.2 Å². The Balaban J connectivity index is 2.21. The minimum absolute atomic E-state index is 0.0128. The Morgan fingerprint density at radius 1 is 1.32 bits per heavy atom. The van der Waals surface area contributed by atoms with Crippen LogP contribution in [0.15, 0.2) is 24.3 Å². The van der Waals surface area contributed by atoms with Crippen molar-refractivity contribution in [2.75, 3.05) is 29.2 Å². The summed E-state index contributed by atoms with van der Waals surface area (Å²) in [6, 6.07) is 7.94. The summed E-state index contributed by atoms with van der Waals surface area (Å²) in [6.45, 7) is 6.64. The van der Waals surface area contributed by atoms with Gasteiger partial charge in [0.05, 0.1) is 11.4 Å². The number of rotatable bonds is 3. The molecule has 2 atom stereocenters. The second kappa shape index (κ2) is 6.29. The van der Waals surface area contributed by atoms with E-state index in [1.807, 2.05) is 18.2 Å². The molecule has 1 heterocycles. The van der Waals surface area contributed by atoms with Gasteiger partial charge in [-0.3, -0.25) is 4.79 Å². The van der Waals surface area contributed by atoms with E-state index in [2.05, 4.69) is 30.1 Å². The molecule has 0 bridgehead atoms. The number of piperidine rings is 1. The van der Waals surface area contributed by atoms with Gasteiger partial charge >= 0.3 is 0 Å². The summed E-state index contributed by atoms with van der Waals surface area (Å²) in [4.78, 5) is 13.8. The number of halogens is 1. The van der Waals surface area contributed by atoms with Gasteiger partial charge in [0.25, 0.3) is 0 Å². The van der Waals surface area contributed by atoms with E-state index in [-0.39, 0.29) is 11.8 Å². The highest BCUT2D eigenvalue weighted by Gasteiger charge is 2.23. The smallest absolute Gasteiger partial charge is 0.239 e. The van der Waals surface area contributed by atoms with Crippen LogP contribution in [0.5, 0.6) is 0 Å². The highest BCUT2D eigenvalue weighted by molar-refractivity contribution is 6.29. The summed E-state index contributed by atoms with van der Waals surface area (Å²) in [7, 11) is 0. The fraction of sp³-hybridized carbons (Fsp3) is 0.533. The average molecular weight is 281 g/mol. The normalized spacial score (nSPS) is 23.2. The van der Waals surface area contributed by atoms with E-state index in [4.69, 9.17) is 11.6 Å². The van der Waals surface area contributed by atoms with Crippen molar-refractivity contribution in [3.63, 3.8) is 0 Å². The second-order valence-electron chi connectivity index (χ2n) is 5.55. The number of para-hydroxylation sites is 2. The summed E-state index contributed by atoms with van der Waals surface area (Å²) in [6.07, 6.45) is 1.27. The molecule has 0 unspecified atom stereocenters. The van der Waals surface area contributed by atoms with Crippen LogP contribution >= 0.6 is 11.6 Å². The van der Waals surface area contributed by atoms with Gasteiger partial charge in [-0.2, -0.15) is 0 Å². The first-order chi connectivity index (χ1) is 9.10. The van der Waals surface area contributed by atoms with Gasteiger partial charge in [-0.1, -0.05) is 26.0 Å². The molecule has 1 aliphatic heterocycles. The van der Waals surface area contributed by atoms with Crippen molar-refractivity contribution in [2.24, 2.45) is 11.8 Å². The Kier molecular flexibility index (Phi) is 4.70. The van der Waals surface area contributed by atoms with Crippen molar-refractivity contribution >= 4 is 28.9 Å². The SMILES string of the molecule is C[C@@H]1C[C@@H](C)CN(c2ccccc2NC(=O)CCl)C1. The summed E-state index contributed by atoms with van der Waals surface area (Å²) >= 11 is 5.56. The summed E-state index contributed by atoms with van der Waals surface area (Å²) < 4.78 is 0. The molecule has 19 heavy (non-hydrogen) atoms. The van der Waals surface area contributed by atoms with Crippen LogP contribution in [0, 0.1) is 11.8 Å². The van der Waals surface area contributed by atoms with Crippen molar-refractivity contribution in [3.05, 3.63) is 24.3 Å². The summed E-state index contributed by atoms with van der Waals surface area (Å²) in [5.74, 6) is 1.19. The lowest BCUT2D eigenvalue weighted by Crippen LogP contribution is -2.39. The standard InChI is InChI=1S/C15H21ClN2O/c1-11-7-12(2)10-18(9-11)14-6-4-3-5-13(14)17-15(19)8-16/h3-6,11-12H,7-10H2,1-2H3,(H,17,19)/t11-,12-/m1/s1. The molecule has 1 amide bonds. The van der Waals surface area contributed by atoms with E-state index < -0.39 is 0 Å². The maximum atomic E-state index is 11.5. The summed E-state index contributed by atoms with van der Waals surface area (Å²) in [5.41, 5.74) is 1.95. The van der Waals surface area contributed by atoms with Crippen LogP contribution in [0.25, 0.3) is 0 Å². The molecule has 1 saturated heterocycles. The van der Waals surface area contributed by atoms with Gasteiger partial charge in [0.15, 0.2) is 0 Å². The van der Waals surface area contributed by atoms with Crippen molar-refractivity contribution in [2.45, 2.75) is 20.3 Å². The number of hydrogen-bond donors (Lipinski definition) is 1. The molecule has 4 heteroatoms. The highest BCUT2D eigenvalue weighted by Crippen LogP contribution is 2.31. The topological polar surface area (TPSA) is 32.3 Å². The first kappa shape index (κ1) is 14.2. The van der Waals surface area contributed by atoms with Crippen molar-refractivity contribution < 1.29 is 4.79 Å². The van der Waals surface area contributed by atoms with Gasteiger partial charge in [0, 0.05) is 13.1 Å². The van der Waals surface area contributed by atoms with E-state index in [0.717, 1.165) is 24.5 Å². The fourth-order valence-electron chi connectivity index (χ4n) is 2.90. The average Bonchev–Trinajstić information content (AvgIpc) is 2.38. The predicted molar refractivity (Wildman–Crippen MR) is 80.9 cm³/mol. The highest BCUT2D eigenvalue weighted by atomic mass is 35.5. The predicted octanol–water partition coefficient (Wildman–Crippen LogP) is 3.35. The molecule has 0 aliphatic carbocycles. The van der Waals surface area contributed by atoms with E-state index in [1.54, 1.807) is 0 Å². The number of amides is 1. The van der Waals surface area contributed by atoms with Gasteiger partial charge in [0.2, 0.25) is 5.91 Å². The minimum atomic E-state index is -0.160. The lowest BCUT2D eigenvalue weighted by Gasteiger charge is -2.37. The Bertz CT molecular complexity index is 440. The number of benzene rings is 1. The van der Waals surface area contributed by atoms with Gasteiger partial charge in [0.1, 0.15) is 5.88 Å². The van der Waals surface area contributed by atoms with Gasteiger partial charge < -0.3 is 10.2 Å². The Morgan fingerprint density at radius 2 is 1.95 bits per heavy atom. The number of hydrogen-bond acceptors (Lipinski definition) is 2. The van der Waals surface area contributed by atoms with Crippen molar-refractivity contribution in [1.29, 1.82) is 0 Å². The Hall–Kier alpha value is -1.22. The van der Waals surface area contributed by atoms with Gasteiger partial charge in [-0.05, 0) is 30.4 Å². The largest absolute Gasteiger partial charge is 0.369 e. The number of nitrogens with zero attached hydrogens (tertiary/aromatic N) is 1. The zero-order chi connectivity index (χ0) is 13.8. The quantitative estimate of drug-likeness (QED) is 0.861. The fourth-order valence-corrected chi connectivity index (χ4v) is 2.97. The molecule has 0 saturated carbocycles. The monoisotopic (exact) mass is 280 g/mol. The zero-order valence-electron chi connectivity index (χ0n) is 11.5. The number of carbonyl (C=O) groups is 1. The molecule has 3 nitrogen and oxygen atoms in total. The lowest BCUT2D eigenvalue weighted by atomic mass is 9.91. The number of alkyl halides is 1. The van der Waals surface area contributed by atoms with Crippen LogP contribution in [-0.2, 0) is 4.79 Å². The van der Waals surface area contributed by atoms with Crippen LogP contribution in [0.2, 0.25) is 0 Å². The van der Waals surface area contributed by atoms with Gasteiger partial charge in [-0.25, -0.2) is 0 Å². The molecule has 1 aromatic rings. The molecular weight excluding hydrogens is 260 g/mol. The molecule has 1 fully saturated rings. The van der Waals surface area contributed by atoms with Gasteiger partial charge in [-0.15, -0.1) is 11.6 Å². The van der Waals surface area contributed by atoms with Crippen LogP contribution in [-0.4, -0.2) is 24.9 Å². The van der Waals surface area contributed by atoms with E-state index in [1.165, 1.54) is 6.42 Å². The molecule has 104 valence electrons. The molecule has 1 N–H and O–H groups in total. The number of nitrogens with one attached hydrogen (secondary N) is 1. The minimum Gasteiger partial charge on any atom is -0.369 e. The molecule has 0 radical (unpaired) electrons. The Morgan fingerprint density at radius 3 is 2.58 bits per heavy atom. The van der Waals surface area contributed by atoms with Crippen LogP contribution in [0.4, 0.5) is 11.4 Å². The maximum Gasteiger partial charge on any atom is 0.239 e. The van der Waals surface area contributed by atoms with Crippen LogP contribution in [0.1, 0.15) is 20.3 Å². The van der Waals surface area contributed by atoms with E-state index >= 15 is 0 Å². The first-order valence-electron chi connectivity index (χ1n) is 6.80. The third-order valence-corrected chi connectivity index (χ3v) is 3.75. The molecule has 1 aromatic carbocycles. The molecular formula is C15H21ClN2O. The number of anilines is 2.